The summed E-state index contributed by atoms with van der Waals surface area (Å²) in [6.45, 7) is 14.1. The van der Waals surface area contributed by atoms with Crippen LogP contribution in [0, 0.1) is 20.8 Å². The summed E-state index contributed by atoms with van der Waals surface area (Å²) in [6, 6.07) is 9.09. The number of aliphatic imine (C=N–C) groups is 1. The van der Waals surface area contributed by atoms with Crippen LogP contribution in [0.1, 0.15) is 39.7 Å². The minimum Gasteiger partial charge on any atom is -0.379 e. The van der Waals surface area contributed by atoms with E-state index in [9.17, 15) is 0 Å². The number of aromatic nitrogens is 1. The molecule has 7 heteroatoms. The highest BCUT2D eigenvalue weighted by molar-refractivity contribution is 7.11. The molecule has 0 spiro atoms. The van der Waals surface area contributed by atoms with Crippen molar-refractivity contribution in [1.82, 2.24) is 20.5 Å². The molecule has 1 saturated heterocycles. The van der Waals surface area contributed by atoms with Crippen LogP contribution in [-0.2, 0) is 11.3 Å². The fourth-order valence-electron chi connectivity index (χ4n) is 3.63. The van der Waals surface area contributed by atoms with Crippen LogP contribution in [-0.4, -0.2) is 55.2 Å². The maximum atomic E-state index is 5.57. The normalized spacial score (nSPS) is 16.6. The first-order chi connectivity index (χ1) is 14.1. The Kier molecular flexibility index (Phi) is 8.03. The van der Waals surface area contributed by atoms with Crippen molar-refractivity contribution in [2.45, 2.75) is 40.3 Å². The van der Waals surface area contributed by atoms with Gasteiger partial charge >= 0.3 is 0 Å². The van der Waals surface area contributed by atoms with Crippen molar-refractivity contribution in [2.24, 2.45) is 4.99 Å². The van der Waals surface area contributed by atoms with E-state index >= 15 is 0 Å². The molecular formula is C22H33N5OS. The molecule has 6 nitrogen and oxygen atoms in total. The Morgan fingerprint density at radius 3 is 2.69 bits per heavy atom. The Balaban J connectivity index is 1.72. The van der Waals surface area contributed by atoms with E-state index in [1.807, 2.05) is 6.92 Å². The van der Waals surface area contributed by atoms with Crippen molar-refractivity contribution >= 4 is 17.3 Å². The second kappa shape index (κ2) is 10.7. The number of hydrogen-bond donors (Lipinski definition) is 2. The van der Waals surface area contributed by atoms with Gasteiger partial charge in [0.2, 0.25) is 0 Å². The van der Waals surface area contributed by atoms with Gasteiger partial charge in [-0.3, -0.25) is 4.90 Å². The third-order valence-electron chi connectivity index (χ3n) is 5.10. The molecular weight excluding hydrogens is 382 g/mol. The van der Waals surface area contributed by atoms with Gasteiger partial charge in [0.05, 0.1) is 36.5 Å². The zero-order valence-electron chi connectivity index (χ0n) is 18.0. The van der Waals surface area contributed by atoms with Crippen molar-refractivity contribution in [3.05, 3.63) is 51.0 Å². The topological polar surface area (TPSA) is 61.8 Å². The summed E-state index contributed by atoms with van der Waals surface area (Å²) in [6.07, 6.45) is 0. The number of aryl methyl sites for hydroxylation is 3. The minimum atomic E-state index is 0.287. The standard InChI is InChI=1S/C22H33N5OS/c1-5-23-22(25-15-21-17(3)26-18(4)29-21)24-14-20(27-9-11-28-12-10-27)19-8-6-7-16(2)13-19/h6-8,13,20H,5,9-12,14-15H2,1-4H3,(H2,23,24,25). The third-order valence-corrected chi connectivity index (χ3v) is 6.16. The van der Waals surface area contributed by atoms with Crippen LogP contribution in [0.5, 0.6) is 0 Å². The quantitative estimate of drug-likeness (QED) is 0.537. The van der Waals surface area contributed by atoms with Gasteiger partial charge in [-0.25, -0.2) is 9.98 Å². The summed E-state index contributed by atoms with van der Waals surface area (Å²) in [5, 5.41) is 8.05. The predicted molar refractivity (Wildman–Crippen MR) is 121 cm³/mol. The summed E-state index contributed by atoms with van der Waals surface area (Å²) in [4.78, 5) is 13.0. The average Bonchev–Trinajstić information content (AvgIpc) is 3.04. The molecule has 1 aliphatic rings. The number of morpholine rings is 1. The lowest BCUT2D eigenvalue weighted by molar-refractivity contribution is 0.0170. The molecule has 158 valence electrons. The van der Waals surface area contributed by atoms with Crippen LogP contribution in [0.3, 0.4) is 0 Å². The van der Waals surface area contributed by atoms with Crippen LogP contribution in [0.15, 0.2) is 29.3 Å². The molecule has 1 fully saturated rings. The predicted octanol–water partition coefficient (Wildman–Crippen LogP) is 3.20. The number of rotatable bonds is 7. The maximum Gasteiger partial charge on any atom is 0.191 e. The highest BCUT2D eigenvalue weighted by Gasteiger charge is 2.23. The van der Waals surface area contributed by atoms with E-state index in [0.29, 0.717) is 6.54 Å². The van der Waals surface area contributed by atoms with E-state index in [4.69, 9.17) is 9.73 Å². The van der Waals surface area contributed by atoms with E-state index in [-0.39, 0.29) is 6.04 Å². The van der Waals surface area contributed by atoms with Gasteiger partial charge in [0, 0.05) is 31.1 Å². The number of guanidine groups is 1. The van der Waals surface area contributed by atoms with Gasteiger partial charge in [-0.2, -0.15) is 0 Å². The van der Waals surface area contributed by atoms with Crippen LogP contribution in [0.4, 0.5) is 0 Å². The second-order valence-electron chi connectivity index (χ2n) is 7.40. The van der Waals surface area contributed by atoms with E-state index in [1.165, 1.54) is 16.0 Å². The molecule has 0 saturated carbocycles. The van der Waals surface area contributed by atoms with Gasteiger partial charge in [0.25, 0.3) is 0 Å². The average molecular weight is 416 g/mol. The summed E-state index contributed by atoms with van der Waals surface area (Å²) in [5.74, 6) is 0.851. The van der Waals surface area contributed by atoms with Crippen molar-refractivity contribution < 1.29 is 4.74 Å². The minimum absolute atomic E-state index is 0.287. The van der Waals surface area contributed by atoms with Gasteiger partial charge in [-0.1, -0.05) is 29.8 Å². The Morgan fingerprint density at radius 2 is 2.03 bits per heavy atom. The lowest BCUT2D eigenvalue weighted by Crippen LogP contribution is -2.46. The third kappa shape index (κ3) is 6.26. The molecule has 2 aromatic rings. The molecule has 1 aliphatic heterocycles. The first-order valence-electron chi connectivity index (χ1n) is 10.4. The highest BCUT2D eigenvalue weighted by atomic mass is 32.1. The van der Waals surface area contributed by atoms with E-state index in [2.05, 4.69) is 65.6 Å². The van der Waals surface area contributed by atoms with Gasteiger partial charge < -0.3 is 15.4 Å². The van der Waals surface area contributed by atoms with Crippen molar-refractivity contribution in [2.75, 3.05) is 39.4 Å². The number of ether oxygens (including phenoxy) is 1. The van der Waals surface area contributed by atoms with Crippen LogP contribution in [0.25, 0.3) is 0 Å². The lowest BCUT2D eigenvalue weighted by atomic mass is 10.0. The number of nitrogens with zero attached hydrogens (tertiary/aromatic N) is 3. The highest BCUT2D eigenvalue weighted by Crippen LogP contribution is 2.22. The van der Waals surface area contributed by atoms with Crippen molar-refractivity contribution in [1.29, 1.82) is 0 Å². The Hall–Kier alpha value is -1.96. The summed E-state index contributed by atoms with van der Waals surface area (Å²) < 4.78 is 5.57. The fourth-order valence-corrected chi connectivity index (χ4v) is 4.49. The molecule has 0 amide bonds. The molecule has 0 radical (unpaired) electrons. The first kappa shape index (κ1) is 21.7. The van der Waals surface area contributed by atoms with E-state index in [1.54, 1.807) is 11.3 Å². The zero-order valence-corrected chi connectivity index (χ0v) is 18.8. The SMILES string of the molecule is CCNC(=NCc1sc(C)nc1C)NCC(c1cccc(C)c1)N1CCOCC1. The van der Waals surface area contributed by atoms with Crippen LogP contribution < -0.4 is 10.6 Å². The molecule has 2 heterocycles. The lowest BCUT2D eigenvalue weighted by Gasteiger charge is -2.35. The second-order valence-corrected chi connectivity index (χ2v) is 8.68. The number of nitrogens with one attached hydrogen (secondary N) is 2. The largest absolute Gasteiger partial charge is 0.379 e. The van der Waals surface area contributed by atoms with Crippen LogP contribution in [0.2, 0.25) is 0 Å². The Labute approximate surface area is 178 Å². The summed E-state index contributed by atoms with van der Waals surface area (Å²) in [5.41, 5.74) is 3.71. The molecule has 29 heavy (non-hydrogen) atoms. The molecule has 3 rings (SSSR count). The van der Waals surface area contributed by atoms with Gasteiger partial charge in [0.1, 0.15) is 0 Å². The molecule has 0 bridgehead atoms. The first-order valence-corrected chi connectivity index (χ1v) is 11.2. The van der Waals surface area contributed by atoms with E-state index < -0.39 is 0 Å². The zero-order chi connectivity index (χ0) is 20.6. The van der Waals surface area contributed by atoms with Crippen molar-refractivity contribution in [3.8, 4) is 0 Å². The summed E-state index contributed by atoms with van der Waals surface area (Å²) in [7, 11) is 0. The maximum absolute atomic E-state index is 5.57. The Morgan fingerprint density at radius 1 is 1.24 bits per heavy atom. The summed E-state index contributed by atoms with van der Waals surface area (Å²) >= 11 is 1.72. The number of benzene rings is 1. The van der Waals surface area contributed by atoms with E-state index in [0.717, 1.165) is 56.1 Å². The number of hydrogen-bond acceptors (Lipinski definition) is 5. The molecule has 1 aromatic heterocycles. The molecule has 1 unspecified atom stereocenters. The van der Waals surface area contributed by atoms with Gasteiger partial charge in [0.15, 0.2) is 5.96 Å². The monoisotopic (exact) mass is 415 g/mol. The molecule has 0 aliphatic carbocycles. The van der Waals surface area contributed by atoms with Gasteiger partial charge in [-0.05, 0) is 33.3 Å². The molecule has 2 N–H and O–H groups in total. The fraction of sp³-hybridized carbons (Fsp3) is 0.545. The van der Waals surface area contributed by atoms with Crippen molar-refractivity contribution in [3.63, 3.8) is 0 Å². The van der Waals surface area contributed by atoms with Gasteiger partial charge in [-0.15, -0.1) is 11.3 Å². The number of thiazole rings is 1. The Bertz CT molecular complexity index is 813. The molecule has 1 aromatic carbocycles. The smallest absolute Gasteiger partial charge is 0.191 e. The van der Waals surface area contributed by atoms with Crippen LogP contribution >= 0.6 is 11.3 Å². The molecule has 1 atom stereocenters.